The zero-order valence-corrected chi connectivity index (χ0v) is 9.17. The molecule has 1 rings (SSSR count). The first-order chi connectivity index (χ1) is 7.47. The van der Waals surface area contributed by atoms with Crippen LogP contribution in [0, 0.1) is 0 Å². The second kappa shape index (κ2) is 5.80. The van der Waals surface area contributed by atoms with Crippen molar-refractivity contribution in [1.82, 2.24) is 5.32 Å². The molecule has 6 N–H and O–H groups in total. The van der Waals surface area contributed by atoms with Gasteiger partial charge in [0.05, 0.1) is 12.0 Å². The van der Waals surface area contributed by atoms with Crippen molar-refractivity contribution in [3.63, 3.8) is 0 Å². The van der Waals surface area contributed by atoms with Crippen LogP contribution in [0.25, 0.3) is 0 Å². The molecule has 0 spiro atoms. The number of carboxylic acids is 1. The molecule has 7 nitrogen and oxygen atoms in total. The Hall–Kier alpha value is -0.380. The molecule has 16 heavy (non-hydrogen) atoms. The summed E-state index contributed by atoms with van der Waals surface area (Å²) in [5.74, 6) is -0.752. The number of hydrogen-bond acceptors (Lipinski definition) is 7. The number of hydrogen-bond donors (Lipinski definition) is 6. The number of nitrogens with one attached hydrogen (secondary N) is 1. The zero-order chi connectivity index (χ0) is 12.3. The zero-order valence-electron chi connectivity index (χ0n) is 8.35. The van der Waals surface area contributed by atoms with Crippen LogP contribution < -0.4 is 5.32 Å². The van der Waals surface area contributed by atoms with Gasteiger partial charge in [0.2, 0.25) is 0 Å². The van der Waals surface area contributed by atoms with Crippen LogP contribution in [-0.4, -0.2) is 73.6 Å². The predicted octanol–water partition coefficient (Wildman–Crippen LogP) is -2.82. The highest BCUT2D eigenvalue weighted by Crippen LogP contribution is 2.24. The van der Waals surface area contributed by atoms with Gasteiger partial charge in [0.15, 0.2) is 0 Å². The van der Waals surface area contributed by atoms with Crippen molar-refractivity contribution in [3.05, 3.63) is 0 Å². The van der Waals surface area contributed by atoms with Gasteiger partial charge >= 0.3 is 5.97 Å². The summed E-state index contributed by atoms with van der Waals surface area (Å²) in [6.45, 7) is -0.669. The third kappa shape index (κ3) is 3.06. The van der Waals surface area contributed by atoms with E-state index in [1.807, 2.05) is 0 Å². The minimum atomic E-state index is -1.51. The number of aliphatic hydroxyl groups excluding tert-OH is 4. The van der Waals surface area contributed by atoms with Crippen LogP contribution in [0.2, 0.25) is 0 Å². The van der Waals surface area contributed by atoms with E-state index in [-0.39, 0.29) is 5.75 Å². The third-order valence-corrected chi connectivity index (χ3v) is 3.65. The first kappa shape index (κ1) is 13.7. The van der Waals surface area contributed by atoms with Gasteiger partial charge in [-0.25, -0.2) is 0 Å². The van der Waals surface area contributed by atoms with Gasteiger partial charge in [0.1, 0.15) is 24.4 Å². The molecule has 1 aliphatic rings. The number of carbonyl (C=O) groups is 1. The van der Waals surface area contributed by atoms with Crippen LogP contribution in [0.3, 0.4) is 0 Å². The topological polar surface area (TPSA) is 130 Å². The van der Waals surface area contributed by atoms with Crippen molar-refractivity contribution >= 4 is 17.7 Å². The highest BCUT2D eigenvalue weighted by molar-refractivity contribution is 8.00. The highest BCUT2D eigenvalue weighted by atomic mass is 32.2. The fourth-order valence-electron chi connectivity index (χ4n) is 1.35. The monoisotopic (exact) mass is 253 g/mol. The average Bonchev–Trinajstić information content (AvgIpc) is 2.75. The molecule has 8 heteroatoms. The summed E-state index contributed by atoms with van der Waals surface area (Å²) in [4.78, 5) is 10.6. The van der Waals surface area contributed by atoms with Crippen molar-refractivity contribution in [2.75, 3.05) is 12.4 Å². The van der Waals surface area contributed by atoms with E-state index in [4.69, 9.17) is 15.3 Å². The Morgan fingerprint density at radius 2 is 2.06 bits per heavy atom. The Morgan fingerprint density at radius 1 is 1.44 bits per heavy atom. The van der Waals surface area contributed by atoms with Crippen molar-refractivity contribution in [3.8, 4) is 0 Å². The number of aliphatic carboxylic acids is 1. The number of rotatable bonds is 5. The maximum Gasteiger partial charge on any atom is 0.321 e. The molecule has 0 amide bonds. The third-order valence-electron chi connectivity index (χ3n) is 2.35. The molecule has 0 aromatic carbocycles. The molecule has 1 saturated heterocycles. The molecule has 0 bridgehead atoms. The number of carboxylic acid groups (broad SMARTS) is 1. The van der Waals surface area contributed by atoms with Crippen LogP contribution in [0.5, 0.6) is 0 Å². The van der Waals surface area contributed by atoms with Crippen molar-refractivity contribution in [1.29, 1.82) is 0 Å². The molecule has 0 aromatic heterocycles. The van der Waals surface area contributed by atoms with Crippen LogP contribution in [0.4, 0.5) is 0 Å². The van der Waals surface area contributed by atoms with E-state index in [1.165, 1.54) is 0 Å². The van der Waals surface area contributed by atoms with Gasteiger partial charge in [-0.2, -0.15) is 0 Å². The average molecular weight is 253 g/mol. The van der Waals surface area contributed by atoms with E-state index in [2.05, 4.69) is 5.32 Å². The lowest BCUT2D eigenvalue weighted by Gasteiger charge is -2.25. The smallest absolute Gasteiger partial charge is 0.321 e. The van der Waals surface area contributed by atoms with Crippen molar-refractivity contribution < 1.29 is 30.3 Å². The maximum atomic E-state index is 10.6. The van der Waals surface area contributed by atoms with E-state index in [0.717, 1.165) is 11.8 Å². The Balaban J connectivity index is 2.50. The Morgan fingerprint density at radius 3 is 2.50 bits per heavy atom. The summed E-state index contributed by atoms with van der Waals surface area (Å²) in [7, 11) is 0. The molecule has 94 valence electrons. The molecule has 1 aliphatic heterocycles. The predicted molar refractivity (Wildman–Crippen MR) is 55.9 cm³/mol. The van der Waals surface area contributed by atoms with Crippen LogP contribution in [-0.2, 0) is 4.79 Å². The summed E-state index contributed by atoms with van der Waals surface area (Å²) in [6, 6.07) is -0.775. The second-order valence-electron chi connectivity index (χ2n) is 3.54. The summed E-state index contributed by atoms with van der Waals surface area (Å²) >= 11 is 1.15. The van der Waals surface area contributed by atoms with Gasteiger partial charge in [-0.15, -0.1) is 11.8 Å². The van der Waals surface area contributed by atoms with Crippen molar-refractivity contribution in [2.24, 2.45) is 0 Å². The minimum absolute atomic E-state index is 0.277. The van der Waals surface area contributed by atoms with E-state index in [0.29, 0.717) is 0 Å². The minimum Gasteiger partial charge on any atom is -0.480 e. The summed E-state index contributed by atoms with van der Waals surface area (Å²) in [5, 5.41) is 47.4. The lowest BCUT2D eigenvalue weighted by atomic mass is 10.1. The second-order valence-corrected chi connectivity index (χ2v) is 4.72. The lowest BCUT2D eigenvalue weighted by Crippen LogP contribution is -2.50. The largest absolute Gasteiger partial charge is 0.480 e. The first-order valence-corrected chi connectivity index (χ1v) is 5.77. The fraction of sp³-hybridized carbons (Fsp3) is 0.875. The molecule has 1 fully saturated rings. The number of aliphatic hydroxyl groups is 4. The van der Waals surface area contributed by atoms with Gasteiger partial charge in [-0.3, -0.25) is 10.1 Å². The Bertz CT molecular complexity index is 253. The maximum absolute atomic E-state index is 10.6. The van der Waals surface area contributed by atoms with Gasteiger partial charge in [-0.05, 0) is 0 Å². The fourth-order valence-corrected chi connectivity index (χ4v) is 2.61. The van der Waals surface area contributed by atoms with Gasteiger partial charge in [-0.1, -0.05) is 0 Å². The van der Waals surface area contributed by atoms with Crippen LogP contribution in [0.1, 0.15) is 0 Å². The molecule has 0 aliphatic carbocycles. The van der Waals surface area contributed by atoms with E-state index in [1.54, 1.807) is 0 Å². The van der Waals surface area contributed by atoms with E-state index in [9.17, 15) is 15.0 Å². The molecule has 0 aromatic rings. The van der Waals surface area contributed by atoms with Gasteiger partial charge < -0.3 is 25.5 Å². The molecule has 0 saturated carbocycles. The van der Waals surface area contributed by atoms with E-state index < -0.39 is 42.3 Å². The van der Waals surface area contributed by atoms with Crippen molar-refractivity contribution in [2.45, 2.75) is 29.7 Å². The SMILES string of the molecule is O=C(O)[C@@H]1CS[C@H]([C@@H](O)[C@@H](O)[C@@H](O)CO)N1. The van der Waals surface area contributed by atoms with Gasteiger partial charge in [0.25, 0.3) is 0 Å². The molecular formula is C8H15NO6S. The normalized spacial score (nSPS) is 31.0. The molecule has 0 radical (unpaired) electrons. The lowest BCUT2D eigenvalue weighted by molar-refractivity contribution is -0.139. The van der Waals surface area contributed by atoms with Crippen LogP contribution in [0.15, 0.2) is 0 Å². The van der Waals surface area contributed by atoms with Gasteiger partial charge in [0, 0.05) is 5.75 Å². The van der Waals surface area contributed by atoms with Crippen LogP contribution >= 0.6 is 11.8 Å². The quantitative estimate of drug-likeness (QED) is 0.309. The standard InChI is InChI=1S/C8H15NO6S/c10-1-4(11)5(12)6(13)7-9-3(2-16-7)8(14)15/h3-7,9-13H,1-2H2,(H,14,15)/t3-,4-,5-,6-,7+/m0/s1. The number of thioether (sulfide) groups is 1. The summed E-state index contributed by atoms with van der Waals surface area (Å²) in [6.07, 6.45) is -4.29. The molecule has 0 unspecified atom stereocenters. The van der Waals surface area contributed by atoms with E-state index >= 15 is 0 Å². The molecular weight excluding hydrogens is 238 g/mol. The molecule has 1 heterocycles. The molecule has 5 atom stereocenters. The Kier molecular flexibility index (Phi) is 4.96. The Labute approximate surface area is 96.1 Å². The summed E-state index contributed by atoms with van der Waals surface area (Å²) < 4.78 is 0. The summed E-state index contributed by atoms with van der Waals surface area (Å²) in [5.41, 5.74) is 0. The highest BCUT2D eigenvalue weighted by Gasteiger charge is 2.38. The first-order valence-electron chi connectivity index (χ1n) is 4.73.